The van der Waals surface area contributed by atoms with Gasteiger partial charge in [-0.1, -0.05) is 23.7 Å². The van der Waals surface area contributed by atoms with Crippen molar-refractivity contribution in [1.29, 1.82) is 0 Å². The van der Waals surface area contributed by atoms with Gasteiger partial charge in [0, 0.05) is 17.6 Å². The second-order valence-corrected chi connectivity index (χ2v) is 7.79. The number of rotatable bonds is 9. The van der Waals surface area contributed by atoms with E-state index in [2.05, 4.69) is 10.0 Å². The zero-order valence-electron chi connectivity index (χ0n) is 14.8. The van der Waals surface area contributed by atoms with E-state index in [0.717, 1.165) is 0 Å². The van der Waals surface area contributed by atoms with Crippen molar-refractivity contribution in [2.45, 2.75) is 11.3 Å². The van der Waals surface area contributed by atoms with Crippen LogP contribution in [0.4, 0.5) is 11.4 Å². The zero-order valence-corrected chi connectivity index (χ0v) is 16.4. The average molecular weight is 442 g/mol. The van der Waals surface area contributed by atoms with E-state index in [0.29, 0.717) is 5.02 Å². The Morgan fingerprint density at radius 3 is 2.41 bits per heavy atom. The van der Waals surface area contributed by atoms with E-state index in [4.69, 9.17) is 16.3 Å². The zero-order chi connectivity index (χ0) is 21.4. The van der Waals surface area contributed by atoms with Gasteiger partial charge in [0.2, 0.25) is 10.0 Å². The average Bonchev–Trinajstić information content (AvgIpc) is 2.67. The third-order valence-electron chi connectivity index (χ3n) is 3.48. The fourth-order valence-electron chi connectivity index (χ4n) is 2.13. The molecule has 2 rings (SSSR count). The number of nitrogens with one attached hydrogen (secondary N) is 2. The maximum atomic E-state index is 12.1. The van der Waals surface area contributed by atoms with Crippen LogP contribution < -0.4 is 10.0 Å². The lowest BCUT2D eigenvalue weighted by Crippen LogP contribution is -2.28. The van der Waals surface area contributed by atoms with Crippen LogP contribution in [0.25, 0.3) is 0 Å². The van der Waals surface area contributed by atoms with Crippen LogP contribution in [0.3, 0.4) is 0 Å². The number of nitro groups is 1. The number of nitrogens with zero attached hydrogens (tertiary/aromatic N) is 1. The van der Waals surface area contributed by atoms with Crippen molar-refractivity contribution in [3.05, 3.63) is 63.7 Å². The predicted octanol–water partition coefficient (Wildman–Crippen LogP) is 2.10. The number of halogens is 1. The van der Waals surface area contributed by atoms with Gasteiger partial charge in [0.15, 0.2) is 6.61 Å². The molecule has 0 atom stereocenters. The molecule has 0 radical (unpaired) electrons. The van der Waals surface area contributed by atoms with E-state index in [1.165, 1.54) is 48.5 Å². The number of carbonyl (C=O) groups is 2. The standard InChI is InChI=1S/C17H16ClN3O7S/c18-12-5-7-13(8-6-12)29(26,27)19-10-9-17(23)28-11-16(22)20-14-3-1-2-4-15(14)21(24)25/h1-8,19H,9-11H2,(H,20,22). The lowest BCUT2D eigenvalue weighted by molar-refractivity contribution is -0.383. The summed E-state index contributed by atoms with van der Waals surface area (Å²) in [5.41, 5.74) is -0.335. The van der Waals surface area contributed by atoms with Crippen molar-refractivity contribution in [1.82, 2.24) is 4.72 Å². The maximum absolute atomic E-state index is 12.1. The molecular formula is C17H16ClN3O7S. The van der Waals surface area contributed by atoms with Gasteiger partial charge in [0.1, 0.15) is 5.69 Å². The lowest BCUT2D eigenvalue weighted by atomic mass is 10.2. The van der Waals surface area contributed by atoms with E-state index in [1.807, 2.05) is 0 Å². The molecule has 0 aromatic heterocycles. The summed E-state index contributed by atoms with van der Waals surface area (Å²) in [4.78, 5) is 33.7. The maximum Gasteiger partial charge on any atom is 0.307 e. The van der Waals surface area contributed by atoms with Crippen LogP contribution >= 0.6 is 11.6 Å². The molecule has 2 aromatic rings. The minimum absolute atomic E-state index is 0.0147. The smallest absolute Gasteiger partial charge is 0.307 e. The van der Waals surface area contributed by atoms with Crippen molar-refractivity contribution in [3.8, 4) is 0 Å². The molecule has 2 N–H and O–H groups in total. The second-order valence-electron chi connectivity index (χ2n) is 5.58. The molecule has 29 heavy (non-hydrogen) atoms. The van der Waals surface area contributed by atoms with Crippen LogP contribution in [-0.2, 0) is 24.3 Å². The Morgan fingerprint density at radius 2 is 1.76 bits per heavy atom. The van der Waals surface area contributed by atoms with Gasteiger partial charge in [0.25, 0.3) is 11.6 Å². The Kier molecular flexibility index (Phi) is 7.65. The third kappa shape index (κ3) is 6.82. The highest BCUT2D eigenvalue weighted by molar-refractivity contribution is 7.89. The molecule has 0 spiro atoms. The van der Waals surface area contributed by atoms with Crippen molar-refractivity contribution in [2.75, 3.05) is 18.5 Å². The fourth-order valence-corrected chi connectivity index (χ4v) is 3.29. The minimum atomic E-state index is -3.82. The van der Waals surface area contributed by atoms with E-state index in [-0.39, 0.29) is 29.2 Å². The van der Waals surface area contributed by atoms with Gasteiger partial charge >= 0.3 is 5.97 Å². The summed E-state index contributed by atoms with van der Waals surface area (Å²) in [6.07, 6.45) is -0.314. The van der Waals surface area contributed by atoms with Crippen LogP contribution in [0.5, 0.6) is 0 Å². The Morgan fingerprint density at radius 1 is 1.10 bits per heavy atom. The number of nitro benzene ring substituents is 1. The summed E-state index contributed by atoms with van der Waals surface area (Å²) in [7, 11) is -3.82. The number of anilines is 1. The topological polar surface area (TPSA) is 145 Å². The van der Waals surface area contributed by atoms with Crippen molar-refractivity contribution >= 4 is 44.9 Å². The minimum Gasteiger partial charge on any atom is -0.456 e. The molecule has 0 bridgehead atoms. The van der Waals surface area contributed by atoms with Crippen molar-refractivity contribution in [2.24, 2.45) is 0 Å². The van der Waals surface area contributed by atoms with Crippen molar-refractivity contribution in [3.63, 3.8) is 0 Å². The molecule has 12 heteroatoms. The fraction of sp³-hybridized carbons (Fsp3) is 0.176. The molecule has 10 nitrogen and oxygen atoms in total. The SMILES string of the molecule is O=C(COC(=O)CCNS(=O)(=O)c1ccc(Cl)cc1)Nc1ccccc1[N+](=O)[O-]. The van der Waals surface area contributed by atoms with Gasteiger partial charge in [0.05, 0.1) is 16.2 Å². The number of carbonyl (C=O) groups excluding carboxylic acids is 2. The summed E-state index contributed by atoms with van der Waals surface area (Å²) in [6.45, 7) is -0.912. The van der Waals surface area contributed by atoms with Crippen LogP contribution in [0.15, 0.2) is 53.4 Å². The molecule has 0 saturated carbocycles. The van der Waals surface area contributed by atoms with Crippen molar-refractivity contribution < 1.29 is 27.7 Å². The van der Waals surface area contributed by atoms with Gasteiger partial charge < -0.3 is 10.1 Å². The Hall–Kier alpha value is -3.02. The summed E-state index contributed by atoms with van der Waals surface area (Å²) in [6, 6.07) is 11.0. The Bertz CT molecular complexity index is 1010. The molecule has 0 unspecified atom stereocenters. The number of sulfonamides is 1. The van der Waals surface area contributed by atoms with E-state index >= 15 is 0 Å². The Labute approximate surface area is 171 Å². The predicted molar refractivity (Wildman–Crippen MR) is 104 cm³/mol. The summed E-state index contributed by atoms with van der Waals surface area (Å²) >= 11 is 5.70. The highest BCUT2D eigenvalue weighted by atomic mass is 35.5. The van der Waals surface area contributed by atoms with Crippen LogP contribution in [0.1, 0.15) is 6.42 Å². The molecule has 0 heterocycles. The first-order valence-electron chi connectivity index (χ1n) is 8.13. The largest absolute Gasteiger partial charge is 0.456 e. The highest BCUT2D eigenvalue weighted by Crippen LogP contribution is 2.22. The molecule has 0 fully saturated rings. The highest BCUT2D eigenvalue weighted by Gasteiger charge is 2.17. The normalized spacial score (nSPS) is 10.9. The van der Waals surface area contributed by atoms with Gasteiger partial charge in [-0.15, -0.1) is 0 Å². The number of ether oxygens (including phenoxy) is 1. The molecule has 2 aromatic carbocycles. The molecule has 1 amide bonds. The summed E-state index contributed by atoms with van der Waals surface area (Å²) in [5, 5.41) is 13.5. The van der Waals surface area contributed by atoms with Gasteiger partial charge in [-0.3, -0.25) is 19.7 Å². The van der Waals surface area contributed by atoms with Crippen LogP contribution in [0, 0.1) is 10.1 Å². The monoisotopic (exact) mass is 441 g/mol. The van der Waals surface area contributed by atoms with Crippen LogP contribution in [0.2, 0.25) is 5.02 Å². The first kappa shape index (κ1) is 22.3. The number of amides is 1. The van der Waals surface area contributed by atoms with Gasteiger partial charge in [-0.05, 0) is 30.3 Å². The van der Waals surface area contributed by atoms with E-state index in [1.54, 1.807) is 0 Å². The van der Waals surface area contributed by atoms with Gasteiger partial charge in [-0.25, -0.2) is 13.1 Å². The molecule has 0 aliphatic heterocycles. The summed E-state index contributed by atoms with van der Waals surface area (Å²) < 4.78 is 31.1. The quantitative estimate of drug-likeness (QED) is 0.344. The summed E-state index contributed by atoms with van der Waals surface area (Å²) in [5.74, 6) is -1.59. The van der Waals surface area contributed by atoms with E-state index < -0.39 is 33.4 Å². The van der Waals surface area contributed by atoms with E-state index in [9.17, 15) is 28.1 Å². The number of para-hydroxylation sites is 2. The second kappa shape index (κ2) is 9.96. The molecule has 0 saturated heterocycles. The number of benzene rings is 2. The Balaban J connectivity index is 1.78. The first-order chi connectivity index (χ1) is 13.7. The molecule has 154 valence electrons. The lowest BCUT2D eigenvalue weighted by Gasteiger charge is -2.08. The molecule has 0 aliphatic rings. The number of hydrogen-bond donors (Lipinski definition) is 2. The number of hydrogen-bond acceptors (Lipinski definition) is 7. The molecular weight excluding hydrogens is 426 g/mol. The van der Waals surface area contributed by atoms with Crippen LogP contribution in [-0.4, -0.2) is 38.4 Å². The van der Waals surface area contributed by atoms with Gasteiger partial charge in [-0.2, -0.15) is 0 Å². The number of esters is 1. The molecule has 0 aliphatic carbocycles. The third-order valence-corrected chi connectivity index (χ3v) is 5.21. The first-order valence-corrected chi connectivity index (χ1v) is 9.99.